The maximum absolute atomic E-state index is 12.0. The molecule has 4 heteroatoms. The van der Waals surface area contributed by atoms with E-state index in [9.17, 15) is 4.79 Å². The lowest BCUT2D eigenvalue weighted by atomic mass is 9.98. The largest absolute Gasteiger partial charge is 0.352 e. The Balaban J connectivity index is 2.27. The molecule has 0 aliphatic carbocycles. The number of nitrogens with one attached hydrogen (secondary N) is 1. The number of carbonyl (C=O) groups excluding carboxylic acids is 1. The van der Waals surface area contributed by atoms with Crippen LogP contribution in [0.5, 0.6) is 0 Å². The van der Waals surface area contributed by atoms with Gasteiger partial charge in [-0.2, -0.15) is 0 Å². The Bertz CT molecular complexity index is 262. The van der Waals surface area contributed by atoms with Crippen molar-refractivity contribution in [1.82, 2.24) is 10.2 Å². The van der Waals surface area contributed by atoms with E-state index in [0.717, 1.165) is 32.4 Å². The zero-order chi connectivity index (χ0) is 14.3. The van der Waals surface area contributed by atoms with Gasteiger partial charge in [0.2, 0.25) is 5.91 Å². The van der Waals surface area contributed by atoms with E-state index in [4.69, 9.17) is 5.73 Å². The van der Waals surface area contributed by atoms with Crippen molar-refractivity contribution in [3.63, 3.8) is 0 Å². The summed E-state index contributed by atoms with van der Waals surface area (Å²) in [4.78, 5) is 14.5. The summed E-state index contributed by atoms with van der Waals surface area (Å²) in [5.41, 5.74) is 5.96. The molecule has 0 spiro atoms. The molecule has 112 valence electrons. The SMILES string of the molecule is CCCCN1CCC(NC(=O)C(N)C(C)CC)CC1. The third-order valence-electron chi connectivity index (χ3n) is 4.32. The second-order valence-corrected chi connectivity index (χ2v) is 5.89. The highest BCUT2D eigenvalue weighted by Gasteiger charge is 2.24. The highest BCUT2D eigenvalue weighted by molar-refractivity contribution is 5.82. The van der Waals surface area contributed by atoms with Crippen LogP contribution in [0.4, 0.5) is 0 Å². The van der Waals surface area contributed by atoms with E-state index in [2.05, 4.69) is 24.1 Å². The monoisotopic (exact) mass is 269 g/mol. The topological polar surface area (TPSA) is 58.4 Å². The summed E-state index contributed by atoms with van der Waals surface area (Å²) < 4.78 is 0. The van der Waals surface area contributed by atoms with E-state index < -0.39 is 0 Å². The lowest BCUT2D eigenvalue weighted by molar-refractivity contribution is -0.124. The third-order valence-corrected chi connectivity index (χ3v) is 4.32. The smallest absolute Gasteiger partial charge is 0.237 e. The van der Waals surface area contributed by atoms with Crippen LogP contribution < -0.4 is 11.1 Å². The van der Waals surface area contributed by atoms with Gasteiger partial charge in [-0.3, -0.25) is 4.79 Å². The van der Waals surface area contributed by atoms with Gasteiger partial charge >= 0.3 is 0 Å². The highest BCUT2D eigenvalue weighted by atomic mass is 16.2. The van der Waals surface area contributed by atoms with Gasteiger partial charge in [0.1, 0.15) is 0 Å². The molecule has 4 nitrogen and oxygen atoms in total. The van der Waals surface area contributed by atoms with Gasteiger partial charge in [-0.05, 0) is 31.7 Å². The molecule has 1 rings (SSSR count). The number of rotatable bonds is 7. The number of unbranched alkanes of at least 4 members (excludes halogenated alkanes) is 1. The first-order valence-corrected chi connectivity index (χ1v) is 7.86. The first kappa shape index (κ1) is 16.4. The molecule has 0 radical (unpaired) electrons. The van der Waals surface area contributed by atoms with Gasteiger partial charge in [0.05, 0.1) is 6.04 Å². The van der Waals surface area contributed by atoms with Crippen LogP contribution in [0.1, 0.15) is 52.9 Å². The van der Waals surface area contributed by atoms with E-state index in [-0.39, 0.29) is 17.9 Å². The van der Waals surface area contributed by atoms with E-state index in [1.54, 1.807) is 0 Å². The van der Waals surface area contributed by atoms with Crippen molar-refractivity contribution in [3.05, 3.63) is 0 Å². The van der Waals surface area contributed by atoms with Crippen molar-refractivity contribution in [2.45, 2.75) is 65.0 Å². The maximum Gasteiger partial charge on any atom is 0.237 e. The second kappa shape index (κ2) is 8.54. The van der Waals surface area contributed by atoms with E-state index in [0.29, 0.717) is 6.04 Å². The summed E-state index contributed by atoms with van der Waals surface area (Å²) in [6.07, 6.45) is 5.59. The molecule has 1 saturated heterocycles. The molecule has 1 aliphatic rings. The number of amides is 1. The molecule has 0 aromatic carbocycles. The summed E-state index contributed by atoms with van der Waals surface area (Å²) >= 11 is 0. The van der Waals surface area contributed by atoms with Crippen LogP contribution in [-0.4, -0.2) is 42.5 Å². The van der Waals surface area contributed by atoms with Crippen LogP contribution in [0.2, 0.25) is 0 Å². The Morgan fingerprint density at radius 1 is 1.37 bits per heavy atom. The number of piperidine rings is 1. The number of likely N-dealkylation sites (tertiary alicyclic amines) is 1. The van der Waals surface area contributed by atoms with Crippen LogP contribution in [0.3, 0.4) is 0 Å². The number of hydrogen-bond donors (Lipinski definition) is 2. The van der Waals surface area contributed by atoms with Gasteiger partial charge in [0, 0.05) is 19.1 Å². The molecule has 0 aromatic heterocycles. The minimum Gasteiger partial charge on any atom is -0.352 e. The quantitative estimate of drug-likeness (QED) is 0.740. The molecule has 19 heavy (non-hydrogen) atoms. The molecule has 0 bridgehead atoms. The molecule has 1 fully saturated rings. The predicted octanol–water partition coefficient (Wildman–Crippen LogP) is 1.74. The van der Waals surface area contributed by atoms with Crippen molar-refractivity contribution < 1.29 is 4.79 Å². The first-order chi connectivity index (χ1) is 9.08. The van der Waals surface area contributed by atoms with Gasteiger partial charge < -0.3 is 16.0 Å². The Morgan fingerprint density at radius 3 is 2.53 bits per heavy atom. The summed E-state index contributed by atoms with van der Waals surface area (Å²) in [7, 11) is 0. The van der Waals surface area contributed by atoms with Gasteiger partial charge in [-0.1, -0.05) is 33.6 Å². The molecule has 1 aliphatic heterocycles. The molecule has 2 atom stereocenters. The van der Waals surface area contributed by atoms with Crippen LogP contribution in [0.15, 0.2) is 0 Å². The minimum absolute atomic E-state index is 0.0290. The Labute approximate surface area is 118 Å². The minimum atomic E-state index is -0.358. The zero-order valence-corrected chi connectivity index (χ0v) is 12.8. The molecule has 1 amide bonds. The number of carbonyl (C=O) groups is 1. The van der Waals surface area contributed by atoms with Crippen molar-refractivity contribution in [3.8, 4) is 0 Å². The van der Waals surface area contributed by atoms with Gasteiger partial charge in [-0.25, -0.2) is 0 Å². The van der Waals surface area contributed by atoms with E-state index in [1.807, 2.05) is 6.92 Å². The van der Waals surface area contributed by atoms with Crippen molar-refractivity contribution in [1.29, 1.82) is 0 Å². The fraction of sp³-hybridized carbons (Fsp3) is 0.933. The summed E-state index contributed by atoms with van der Waals surface area (Å²) in [6.45, 7) is 9.74. The van der Waals surface area contributed by atoms with Crippen LogP contribution in [0, 0.1) is 5.92 Å². The lowest BCUT2D eigenvalue weighted by Crippen LogP contribution is -2.51. The van der Waals surface area contributed by atoms with Gasteiger partial charge in [0.15, 0.2) is 0 Å². The third kappa shape index (κ3) is 5.49. The molecular formula is C15H31N3O. The highest BCUT2D eigenvalue weighted by Crippen LogP contribution is 2.12. The molecule has 0 aromatic rings. The van der Waals surface area contributed by atoms with Crippen LogP contribution >= 0.6 is 0 Å². The normalized spacial score (nSPS) is 21.1. The maximum atomic E-state index is 12.0. The fourth-order valence-corrected chi connectivity index (χ4v) is 2.49. The van der Waals surface area contributed by atoms with Crippen molar-refractivity contribution in [2.24, 2.45) is 11.7 Å². The van der Waals surface area contributed by atoms with E-state index in [1.165, 1.54) is 19.4 Å². The van der Waals surface area contributed by atoms with Gasteiger partial charge in [0.25, 0.3) is 0 Å². The zero-order valence-electron chi connectivity index (χ0n) is 12.8. The summed E-state index contributed by atoms with van der Waals surface area (Å²) in [5, 5.41) is 3.12. The van der Waals surface area contributed by atoms with Crippen molar-refractivity contribution >= 4 is 5.91 Å². The first-order valence-electron chi connectivity index (χ1n) is 7.86. The number of nitrogens with zero attached hydrogens (tertiary/aromatic N) is 1. The Kier molecular flexibility index (Phi) is 7.39. The average molecular weight is 269 g/mol. The van der Waals surface area contributed by atoms with Crippen molar-refractivity contribution in [2.75, 3.05) is 19.6 Å². The number of nitrogens with two attached hydrogens (primary N) is 1. The molecule has 2 unspecified atom stereocenters. The predicted molar refractivity (Wildman–Crippen MR) is 79.9 cm³/mol. The van der Waals surface area contributed by atoms with Gasteiger partial charge in [-0.15, -0.1) is 0 Å². The lowest BCUT2D eigenvalue weighted by Gasteiger charge is -2.33. The molecule has 0 saturated carbocycles. The molecule has 3 N–H and O–H groups in total. The summed E-state index contributed by atoms with van der Waals surface area (Å²) in [6, 6.07) is -0.0383. The second-order valence-electron chi connectivity index (χ2n) is 5.89. The molecule has 1 heterocycles. The number of hydrogen-bond acceptors (Lipinski definition) is 3. The standard InChI is InChI=1S/C15H31N3O/c1-4-6-9-18-10-7-13(8-11-18)17-15(19)14(16)12(3)5-2/h12-14H,4-11,16H2,1-3H3,(H,17,19). The molecular weight excluding hydrogens is 238 g/mol. The van der Waals surface area contributed by atoms with Crippen LogP contribution in [0.25, 0.3) is 0 Å². The fourth-order valence-electron chi connectivity index (χ4n) is 2.49. The van der Waals surface area contributed by atoms with Crippen LogP contribution in [-0.2, 0) is 4.79 Å². The average Bonchev–Trinajstić information content (AvgIpc) is 2.44. The summed E-state index contributed by atoms with van der Waals surface area (Å²) in [5.74, 6) is 0.283. The Hall–Kier alpha value is -0.610. The van der Waals surface area contributed by atoms with E-state index >= 15 is 0 Å². The Morgan fingerprint density at radius 2 is 2.00 bits per heavy atom.